The van der Waals surface area contributed by atoms with Crippen molar-refractivity contribution in [1.29, 1.82) is 0 Å². The molecule has 0 unspecified atom stereocenters. The summed E-state index contributed by atoms with van der Waals surface area (Å²) in [6.07, 6.45) is 1.81. The zero-order valence-corrected chi connectivity index (χ0v) is 7.67. The number of hydrogen-bond donors (Lipinski definition) is 1. The van der Waals surface area contributed by atoms with Gasteiger partial charge in [0.2, 0.25) is 0 Å². The molecule has 1 aliphatic heterocycles. The summed E-state index contributed by atoms with van der Waals surface area (Å²) in [6.45, 7) is 3.38. The molecule has 0 saturated carbocycles. The first-order valence-corrected chi connectivity index (χ1v) is 4.46. The fourth-order valence-electron chi connectivity index (χ4n) is 0.646. The quantitative estimate of drug-likeness (QED) is 0.649. The summed E-state index contributed by atoms with van der Waals surface area (Å²) < 4.78 is 4.68. The van der Waals surface area contributed by atoms with E-state index in [0.29, 0.717) is 12.6 Å². The lowest BCUT2D eigenvalue weighted by molar-refractivity contribution is 0.342. The maximum Gasteiger partial charge on any atom is 0.282 e. The third-order valence-corrected chi connectivity index (χ3v) is 1.87. The first kappa shape index (κ1) is 8.99. The van der Waals surface area contributed by atoms with Crippen LogP contribution in [0.25, 0.3) is 0 Å². The summed E-state index contributed by atoms with van der Waals surface area (Å²) in [6, 6.07) is 0.329. The number of nitrogens with two attached hydrogens (primary N) is 1. The normalized spacial score (nSPS) is 14.2. The summed E-state index contributed by atoms with van der Waals surface area (Å²) in [7, 11) is 0. The fraction of sp³-hybridized carbons (Fsp3) is 0.429. The maximum atomic E-state index is 5.06. The molecule has 1 aliphatic rings. The Bertz CT molecular complexity index is 245. The van der Waals surface area contributed by atoms with E-state index in [4.69, 9.17) is 5.73 Å². The standard InChI is InChI=1S/C4H5NS.C3H6N2O/c1-4-5-2-3-6-4;4-3-5-1-2-6-3/h2-3H,1H3;1-2H2,(H2,4,5). The Morgan fingerprint density at radius 1 is 1.67 bits per heavy atom. The highest BCUT2D eigenvalue weighted by Gasteiger charge is 1.97. The third-order valence-electron chi connectivity index (χ3n) is 1.16. The van der Waals surface area contributed by atoms with E-state index in [-0.39, 0.29) is 0 Å². The second-order valence-corrected chi connectivity index (χ2v) is 3.22. The molecule has 2 rings (SSSR count). The minimum absolute atomic E-state index is 0.329. The number of thiazole rings is 1. The van der Waals surface area contributed by atoms with Gasteiger partial charge in [0.05, 0.1) is 11.6 Å². The third kappa shape index (κ3) is 3.34. The Kier molecular flexibility index (Phi) is 3.53. The van der Waals surface area contributed by atoms with Gasteiger partial charge in [0.15, 0.2) is 0 Å². The molecule has 5 heteroatoms. The Morgan fingerprint density at radius 3 is 2.67 bits per heavy atom. The Morgan fingerprint density at radius 2 is 2.50 bits per heavy atom. The first-order chi connectivity index (χ1) is 5.79. The highest BCUT2D eigenvalue weighted by atomic mass is 32.1. The molecule has 1 aromatic rings. The van der Waals surface area contributed by atoms with E-state index in [1.165, 1.54) is 0 Å². The van der Waals surface area contributed by atoms with E-state index in [0.717, 1.165) is 11.6 Å². The summed E-state index contributed by atoms with van der Waals surface area (Å²) in [5.74, 6) is 0. The van der Waals surface area contributed by atoms with Crippen LogP contribution in [0.3, 0.4) is 0 Å². The van der Waals surface area contributed by atoms with Crippen LogP contribution in [-0.4, -0.2) is 24.2 Å². The SMILES string of the molecule is Cc1nccs1.NC1=NCCO1. The molecular weight excluding hydrogens is 174 g/mol. The molecule has 0 fully saturated rings. The second-order valence-electron chi connectivity index (χ2n) is 2.12. The molecule has 0 saturated heterocycles. The molecule has 1 aromatic heterocycles. The van der Waals surface area contributed by atoms with Crippen molar-refractivity contribution in [2.45, 2.75) is 6.92 Å². The predicted molar refractivity (Wildman–Crippen MR) is 49.3 cm³/mol. The van der Waals surface area contributed by atoms with E-state index in [9.17, 15) is 0 Å². The van der Waals surface area contributed by atoms with Gasteiger partial charge in [-0.1, -0.05) is 0 Å². The number of ether oxygens (including phenoxy) is 1. The van der Waals surface area contributed by atoms with Crippen LogP contribution in [-0.2, 0) is 4.74 Å². The van der Waals surface area contributed by atoms with Crippen LogP contribution < -0.4 is 5.73 Å². The summed E-state index contributed by atoms with van der Waals surface area (Å²) in [5, 5.41) is 3.10. The fourth-order valence-corrected chi connectivity index (χ4v) is 1.09. The summed E-state index contributed by atoms with van der Waals surface area (Å²) >= 11 is 1.67. The number of aryl methyl sites for hydroxylation is 1. The van der Waals surface area contributed by atoms with Gasteiger partial charge in [-0.3, -0.25) is 4.98 Å². The molecule has 0 spiro atoms. The molecule has 4 nitrogen and oxygen atoms in total. The van der Waals surface area contributed by atoms with E-state index in [1.807, 2.05) is 12.3 Å². The Balaban J connectivity index is 0.000000120. The van der Waals surface area contributed by atoms with Crippen molar-refractivity contribution in [1.82, 2.24) is 4.98 Å². The zero-order chi connectivity index (χ0) is 8.81. The predicted octanol–water partition coefficient (Wildman–Crippen LogP) is 0.783. The molecule has 0 amide bonds. The number of amidine groups is 1. The van der Waals surface area contributed by atoms with Gasteiger partial charge in [-0.15, -0.1) is 11.3 Å². The van der Waals surface area contributed by atoms with Gasteiger partial charge >= 0.3 is 0 Å². The van der Waals surface area contributed by atoms with E-state index >= 15 is 0 Å². The van der Waals surface area contributed by atoms with Crippen LogP contribution in [0.1, 0.15) is 5.01 Å². The van der Waals surface area contributed by atoms with Crippen LogP contribution in [0.15, 0.2) is 16.6 Å². The van der Waals surface area contributed by atoms with Crippen molar-refractivity contribution >= 4 is 17.4 Å². The van der Waals surface area contributed by atoms with Gasteiger partial charge < -0.3 is 10.5 Å². The summed E-state index contributed by atoms with van der Waals surface area (Å²) in [5.41, 5.74) is 5.06. The Hall–Kier alpha value is -1.10. The van der Waals surface area contributed by atoms with Crippen molar-refractivity contribution in [2.75, 3.05) is 13.2 Å². The molecule has 0 atom stereocenters. The van der Waals surface area contributed by atoms with Crippen LogP contribution in [0.2, 0.25) is 0 Å². The van der Waals surface area contributed by atoms with Gasteiger partial charge in [-0.25, -0.2) is 4.99 Å². The van der Waals surface area contributed by atoms with E-state index < -0.39 is 0 Å². The number of nitrogens with zero attached hydrogens (tertiary/aromatic N) is 2. The summed E-state index contributed by atoms with van der Waals surface area (Å²) in [4.78, 5) is 7.64. The van der Waals surface area contributed by atoms with Crippen molar-refractivity contribution in [2.24, 2.45) is 10.7 Å². The van der Waals surface area contributed by atoms with E-state index in [1.54, 1.807) is 17.5 Å². The zero-order valence-electron chi connectivity index (χ0n) is 6.86. The first-order valence-electron chi connectivity index (χ1n) is 3.58. The average Bonchev–Trinajstić information content (AvgIpc) is 2.63. The van der Waals surface area contributed by atoms with E-state index in [2.05, 4.69) is 14.7 Å². The van der Waals surface area contributed by atoms with Crippen LogP contribution in [0.4, 0.5) is 0 Å². The van der Waals surface area contributed by atoms with Crippen LogP contribution in [0, 0.1) is 6.92 Å². The molecule has 12 heavy (non-hydrogen) atoms. The number of rotatable bonds is 0. The second kappa shape index (κ2) is 4.71. The van der Waals surface area contributed by atoms with Crippen molar-refractivity contribution in [3.63, 3.8) is 0 Å². The Labute approximate surface area is 75.1 Å². The van der Waals surface area contributed by atoms with Gasteiger partial charge in [0.1, 0.15) is 6.61 Å². The lowest BCUT2D eigenvalue weighted by Crippen LogP contribution is -2.10. The molecule has 0 bridgehead atoms. The molecule has 0 radical (unpaired) electrons. The lowest BCUT2D eigenvalue weighted by atomic mass is 10.8. The largest absolute Gasteiger partial charge is 0.463 e. The number of hydrogen-bond acceptors (Lipinski definition) is 5. The minimum Gasteiger partial charge on any atom is -0.463 e. The van der Waals surface area contributed by atoms with Crippen molar-refractivity contribution < 1.29 is 4.74 Å². The van der Waals surface area contributed by atoms with Crippen LogP contribution >= 0.6 is 11.3 Å². The molecule has 2 N–H and O–H groups in total. The maximum absolute atomic E-state index is 5.06. The lowest BCUT2D eigenvalue weighted by Gasteiger charge is -1.86. The molecular formula is C7H11N3OS. The molecule has 2 heterocycles. The monoisotopic (exact) mass is 185 g/mol. The smallest absolute Gasteiger partial charge is 0.282 e. The minimum atomic E-state index is 0.329. The average molecular weight is 185 g/mol. The van der Waals surface area contributed by atoms with Gasteiger partial charge in [0, 0.05) is 11.6 Å². The van der Waals surface area contributed by atoms with Gasteiger partial charge in [0.25, 0.3) is 6.02 Å². The highest BCUT2D eigenvalue weighted by molar-refractivity contribution is 7.09. The number of aliphatic imine (C=N–C) groups is 1. The topological polar surface area (TPSA) is 60.5 Å². The van der Waals surface area contributed by atoms with Crippen molar-refractivity contribution in [3.8, 4) is 0 Å². The van der Waals surface area contributed by atoms with Gasteiger partial charge in [-0.05, 0) is 6.92 Å². The highest BCUT2D eigenvalue weighted by Crippen LogP contribution is 1.98. The molecule has 66 valence electrons. The van der Waals surface area contributed by atoms with Gasteiger partial charge in [-0.2, -0.15) is 0 Å². The molecule has 0 aliphatic carbocycles. The molecule has 0 aromatic carbocycles. The van der Waals surface area contributed by atoms with Crippen molar-refractivity contribution in [3.05, 3.63) is 16.6 Å². The van der Waals surface area contributed by atoms with Crippen LogP contribution in [0.5, 0.6) is 0 Å². The number of aromatic nitrogens is 1.